The number of nitrogens with zero attached hydrogens (tertiary/aromatic N) is 3. The maximum atomic E-state index is 13.0. The minimum Gasteiger partial charge on any atom is -0.382 e. The molecule has 1 amide bonds. The van der Waals surface area contributed by atoms with Crippen molar-refractivity contribution in [3.8, 4) is 0 Å². The summed E-state index contributed by atoms with van der Waals surface area (Å²) >= 11 is 7.29. The van der Waals surface area contributed by atoms with Crippen molar-refractivity contribution in [1.29, 1.82) is 0 Å². The summed E-state index contributed by atoms with van der Waals surface area (Å²) in [5.74, 6) is 0.0461. The van der Waals surface area contributed by atoms with Gasteiger partial charge in [-0.2, -0.15) is 0 Å². The van der Waals surface area contributed by atoms with Crippen molar-refractivity contribution in [2.45, 2.75) is 25.0 Å². The van der Waals surface area contributed by atoms with E-state index in [2.05, 4.69) is 4.98 Å². The van der Waals surface area contributed by atoms with Crippen molar-refractivity contribution in [2.75, 3.05) is 30.9 Å². The largest absolute Gasteiger partial charge is 0.382 e. The van der Waals surface area contributed by atoms with Gasteiger partial charge < -0.3 is 9.64 Å². The van der Waals surface area contributed by atoms with E-state index in [4.69, 9.17) is 16.3 Å². The van der Waals surface area contributed by atoms with E-state index in [0.717, 1.165) is 0 Å². The number of anilines is 1. The topological polar surface area (TPSA) is 64.4 Å². The van der Waals surface area contributed by atoms with Crippen LogP contribution in [0.1, 0.15) is 13.3 Å². The first-order valence-corrected chi connectivity index (χ1v) is 11.1. The Morgan fingerprint density at radius 2 is 2.03 bits per heavy atom. The molecule has 0 aliphatic carbocycles. The summed E-state index contributed by atoms with van der Waals surface area (Å²) in [4.78, 5) is 31.9. The predicted octanol–water partition coefficient (Wildman–Crippen LogP) is 4.23. The number of hydrogen-bond acceptors (Lipinski definition) is 5. The number of amides is 1. The summed E-state index contributed by atoms with van der Waals surface area (Å²) in [6, 6.07) is 14.4. The van der Waals surface area contributed by atoms with Gasteiger partial charge in [0.2, 0.25) is 5.91 Å². The number of thioether (sulfide) groups is 1. The fourth-order valence-electron chi connectivity index (χ4n) is 2.98. The van der Waals surface area contributed by atoms with Crippen molar-refractivity contribution in [3.63, 3.8) is 0 Å². The minimum atomic E-state index is -0.106. The third kappa shape index (κ3) is 5.41. The van der Waals surface area contributed by atoms with E-state index >= 15 is 0 Å². The third-order valence-electron chi connectivity index (χ3n) is 4.60. The smallest absolute Gasteiger partial charge is 0.262 e. The molecule has 3 aromatic rings. The molecule has 0 aliphatic rings. The molecule has 0 saturated carbocycles. The first-order valence-electron chi connectivity index (χ1n) is 9.73. The maximum absolute atomic E-state index is 13.0. The molecular weight excluding hydrogens is 422 g/mol. The van der Waals surface area contributed by atoms with Gasteiger partial charge in [0.25, 0.3) is 5.56 Å². The van der Waals surface area contributed by atoms with Gasteiger partial charge in [-0.05, 0) is 43.7 Å². The lowest BCUT2D eigenvalue weighted by Crippen LogP contribution is -2.29. The Kier molecular flexibility index (Phi) is 7.90. The molecule has 1 aromatic heterocycles. The van der Waals surface area contributed by atoms with Gasteiger partial charge in [0, 0.05) is 37.5 Å². The van der Waals surface area contributed by atoms with Crippen LogP contribution in [0.5, 0.6) is 0 Å². The maximum Gasteiger partial charge on any atom is 0.262 e. The van der Waals surface area contributed by atoms with E-state index in [1.54, 1.807) is 40.8 Å². The van der Waals surface area contributed by atoms with Gasteiger partial charge >= 0.3 is 0 Å². The van der Waals surface area contributed by atoms with Crippen LogP contribution in [0.3, 0.4) is 0 Å². The van der Waals surface area contributed by atoms with Crippen molar-refractivity contribution in [3.05, 3.63) is 63.9 Å². The number of carbonyl (C=O) groups excluding carboxylic acids is 1. The average Bonchev–Trinajstić information content (AvgIpc) is 2.76. The fraction of sp³-hybridized carbons (Fsp3) is 0.318. The normalized spacial score (nSPS) is 11.0. The molecule has 0 atom stereocenters. The van der Waals surface area contributed by atoms with E-state index in [1.807, 2.05) is 31.2 Å². The highest BCUT2D eigenvalue weighted by Gasteiger charge is 2.16. The number of ether oxygens (including phenoxy) is 1. The highest BCUT2D eigenvalue weighted by Crippen LogP contribution is 2.22. The molecule has 8 heteroatoms. The summed E-state index contributed by atoms with van der Waals surface area (Å²) in [5, 5.41) is 1.67. The lowest BCUT2D eigenvalue weighted by molar-refractivity contribution is -0.115. The van der Waals surface area contributed by atoms with Gasteiger partial charge in [0.1, 0.15) is 0 Å². The van der Waals surface area contributed by atoms with Gasteiger partial charge in [-0.25, -0.2) is 4.98 Å². The molecule has 3 rings (SSSR count). The number of para-hydroxylation sites is 1. The van der Waals surface area contributed by atoms with Crippen molar-refractivity contribution < 1.29 is 9.53 Å². The average molecular weight is 446 g/mol. The molecule has 0 unspecified atom stereocenters. The number of aromatic nitrogens is 2. The number of halogens is 1. The molecule has 0 radical (unpaired) electrons. The first kappa shape index (κ1) is 22.3. The molecule has 30 heavy (non-hydrogen) atoms. The number of hydrogen-bond donors (Lipinski definition) is 0. The van der Waals surface area contributed by atoms with Crippen LogP contribution in [0.2, 0.25) is 5.02 Å². The molecule has 0 fully saturated rings. The summed E-state index contributed by atoms with van der Waals surface area (Å²) in [7, 11) is 1.71. The van der Waals surface area contributed by atoms with E-state index < -0.39 is 0 Å². The quantitative estimate of drug-likeness (QED) is 0.280. The zero-order chi connectivity index (χ0) is 21.5. The van der Waals surface area contributed by atoms with Crippen molar-refractivity contribution in [1.82, 2.24) is 9.55 Å². The Bertz CT molecular complexity index is 1090. The number of fused-ring (bicyclic) bond motifs is 1. The first-order chi connectivity index (χ1) is 14.5. The van der Waals surface area contributed by atoms with E-state index in [1.165, 1.54) is 11.8 Å². The molecule has 0 N–H and O–H groups in total. The standard InChI is InChI=1S/C22H24ClN3O3S/c1-3-29-13-7-12-26-21(28)18-10-4-5-11-19(18)24-22(26)30-15-20(27)25(2)17-9-6-8-16(23)14-17/h4-6,8-11,14H,3,7,12-13,15H2,1-2H3. The third-order valence-corrected chi connectivity index (χ3v) is 5.79. The number of rotatable bonds is 9. The van der Waals surface area contributed by atoms with E-state index in [9.17, 15) is 9.59 Å². The van der Waals surface area contributed by atoms with Gasteiger partial charge in [-0.15, -0.1) is 0 Å². The van der Waals surface area contributed by atoms with Gasteiger partial charge in [0.05, 0.1) is 16.7 Å². The molecular formula is C22H24ClN3O3S. The van der Waals surface area contributed by atoms with Gasteiger partial charge in [-0.3, -0.25) is 14.2 Å². The Morgan fingerprint density at radius 1 is 1.23 bits per heavy atom. The molecule has 158 valence electrons. The Labute approximate surface area is 184 Å². The summed E-state index contributed by atoms with van der Waals surface area (Å²) in [6.07, 6.45) is 0.692. The minimum absolute atomic E-state index is 0.102. The Hall–Kier alpha value is -2.35. The molecule has 0 spiro atoms. The van der Waals surface area contributed by atoms with E-state index in [0.29, 0.717) is 52.9 Å². The number of benzene rings is 2. The summed E-state index contributed by atoms with van der Waals surface area (Å²) in [6.45, 7) is 3.62. The zero-order valence-corrected chi connectivity index (χ0v) is 18.6. The fourth-order valence-corrected chi connectivity index (χ4v) is 4.10. The van der Waals surface area contributed by atoms with Crippen LogP contribution in [0.15, 0.2) is 58.5 Å². The molecule has 0 saturated heterocycles. The van der Waals surface area contributed by atoms with Gasteiger partial charge in [-0.1, -0.05) is 41.6 Å². The van der Waals surface area contributed by atoms with Crippen molar-refractivity contribution >= 4 is 45.9 Å². The highest BCUT2D eigenvalue weighted by molar-refractivity contribution is 7.99. The molecule has 2 aromatic carbocycles. The van der Waals surface area contributed by atoms with Gasteiger partial charge in [0.15, 0.2) is 5.16 Å². The molecule has 0 aliphatic heterocycles. The number of carbonyl (C=O) groups is 1. The van der Waals surface area contributed by atoms with Crippen LogP contribution in [0.25, 0.3) is 10.9 Å². The van der Waals surface area contributed by atoms with Crippen LogP contribution < -0.4 is 10.5 Å². The second-order valence-corrected chi connectivity index (χ2v) is 8.02. The highest BCUT2D eigenvalue weighted by atomic mass is 35.5. The SMILES string of the molecule is CCOCCCn1c(SCC(=O)N(C)c2cccc(Cl)c2)nc2ccccc2c1=O. The monoisotopic (exact) mass is 445 g/mol. The van der Waals surface area contributed by atoms with Crippen LogP contribution in [-0.4, -0.2) is 41.5 Å². The Morgan fingerprint density at radius 3 is 2.80 bits per heavy atom. The van der Waals surface area contributed by atoms with Crippen LogP contribution in [0.4, 0.5) is 5.69 Å². The molecule has 6 nitrogen and oxygen atoms in total. The second kappa shape index (κ2) is 10.6. The lowest BCUT2D eigenvalue weighted by Gasteiger charge is -2.18. The summed E-state index contributed by atoms with van der Waals surface area (Å²) in [5.41, 5.74) is 1.24. The lowest BCUT2D eigenvalue weighted by atomic mass is 10.2. The van der Waals surface area contributed by atoms with Crippen LogP contribution >= 0.6 is 23.4 Å². The zero-order valence-electron chi connectivity index (χ0n) is 17.0. The van der Waals surface area contributed by atoms with Crippen molar-refractivity contribution in [2.24, 2.45) is 0 Å². The second-order valence-electron chi connectivity index (χ2n) is 6.64. The molecule has 0 bridgehead atoms. The van der Waals surface area contributed by atoms with Crippen LogP contribution in [0, 0.1) is 0 Å². The predicted molar refractivity (Wildman–Crippen MR) is 123 cm³/mol. The Balaban J connectivity index is 1.81. The molecule has 1 heterocycles. The van der Waals surface area contributed by atoms with Crippen LogP contribution in [-0.2, 0) is 16.1 Å². The summed E-state index contributed by atoms with van der Waals surface area (Å²) < 4.78 is 7.03. The van der Waals surface area contributed by atoms with E-state index in [-0.39, 0.29) is 17.2 Å².